The maximum absolute atomic E-state index is 12.1. The minimum absolute atomic E-state index is 0.0214. The lowest BCUT2D eigenvalue weighted by atomic mass is 10.1. The van der Waals surface area contributed by atoms with Crippen molar-refractivity contribution >= 4 is 5.91 Å². The van der Waals surface area contributed by atoms with E-state index in [1.54, 1.807) is 13.1 Å². The van der Waals surface area contributed by atoms with Crippen molar-refractivity contribution in [1.82, 2.24) is 25.4 Å². The number of aryl methyl sites for hydroxylation is 2. The Morgan fingerprint density at radius 2 is 1.94 bits per heavy atom. The third kappa shape index (κ3) is 6.24. The molecule has 164 valence electrons. The van der Waals surface area contributed by atoms with Gasteiger partial charge < -0.3 is 14.6 Å². The standard InChI is InChI=1S/C20H20F3N5O3/c1-12-4-5-14(8-25-12)18-15(13(2)31-28-18)11-30-17-10-26-16(9-27-17)19(29)24-7-3-6-20(21,22)23/h4-5,8-10H,3,6-7,11H2,1-2H3,(H,24,29). The van der Waals surface area contributed by atoms with E-state index in [4.69, 9.17) is 9.26 Å². The minimum Gasteiger partial charge on any atom is -0.471 e. The summed E-state index contributed by atoms with van der Waals surface area (Å²) in [6.45, 7) is 3.64. The van der Waals surface area contributed by atoms with Crippen molar-refractivity contribution in [3.05, 3.63) is 53.4 Å². The first-order valence-electron chi connectivity index (χ1n) is 9.41. The van der Waals surface area contributed by atoms with Crippen molar-refractivity contribution in [2.75, 3.05) is 6.54 Å². The highest BCUT2D eigenvalue weighted by atomic mass is 19.4. The number of hydrogen-bond acceptors (Lipinski definition) is 7. The fraction of sp³-hybridized carbons (Fsp3) is 0.350. The highest BCUT2D eigenvalue weighted by Gasteiger charge is 2.26. The van der Waals surface area contributed by atoms with Crippen LogP contribution in [0.25, 0.3) is 11.3 Å². The van der Waals surface area contributed by atoms with Gasteiger partial charge in [0.2, 0.25) is 5.88 Å². The number of carbonyl (C=O) groups is 1. The van der Waals surface area contributed by atoms with E-state index in [1.807, 2.05) is 19.1 Å². The fourth-order valence-corrected chi connectivity index (χ4v) is 2.63. The smallest absolute Gasteiger partial charge is 0.389 e. The van der Waals surface area contributed by atoms with Crippen LogP contribution in [0.2, 0.25) is 0 Å². The van der Waals surface area contributed by atoms with Gasteiger partial charge in [-0.25, -0.2) is 9.97 Å². The van der Waals surface area contributed by atoms with Crippen LogP contribution in [-0.4, -0.2) is 38.7 Å². The van der Waals surface area contributed by atoms with Crippen LogP contribution in [-0.2, 0) is 6.61 Å². The lowest BCUT2D eigenvalue weighted by Crippen LogP contribution is -2.26. The summed E-state index contributed by atoms with van der Waals surface area (Å²) >= 11 is 0. The van der Waals surface area contributed by atoms with E-state index in [0.29, 0.717) is 11.5 Å². The Bertz CT molecular complexity index is 1020. The second kappa shape index (κ2) is 9.54. The largest absolute Gasteiger partial charge is 0.471 e. The lowest BCUT2D eigenvalue weighted by Gasteiger charge is -2.08. The summed E-state index contributed by atoms with van der Waals surface area (Å²) in [4.78, 5) is 24.2. The molecular weight excluding hydrogens is 415 g/mol. The number of carbonyl (C=O) groups excluding carboxylic acids is 1. The van der Waals surface area contributed by atoms with Gasteiger partial charge in [-0.2, -0.15) is 13.2 Å². The van der Waals surface area contributed by atoms with Crippen molar-refractivity contribution in [3.8, 4) is 17.1 Å². The third-order valence-corrected chi connectivity index (χ3v) is 4.32. The van der Waals surface area contributed by atoms with Gasteiger partial charge in [-0.3, -0.25) is 9.78 Å². The van der Waals surface area contributed by atoms with Gasteiger partial charge in [-0.15, -0.1) is 0 Å². The molecule has 0 atom stereocenters. The predicted molar refractivity (Wildman–Crippen MR) is 103 cm³/mol. The van der Waals surface area contributed by atoms with Crippen LogP contribution >= 0.6 is 0 Å². The van der Waals surface area contributed by atoms with Crippen molar-refractivity contribution in [2.45, 2.75) is 39.5 Å². The number of alkyl halides is 3. The molecule has 3 heterocycles. The molecule has 0 unspecified atom stereocenters. The second-order valence-corrected chi connectivity index (χ2v) is 6.76. The molecule has 0 aromatic carbocycles. The number of halogens is 3. The first kappa shape index (κ1) is 22.2. The Hall–Kier alpha value is -3.50. The maximum Gasteiger partial charge on any atom is 0.389 e. The van der Waals surface area contributed by atoms with E-state index in [0.717, 1.165) is 16.8 Å². The molecule has 11 heteroatoms. The molecule has 0 saturated carbocycles. The molecular formula is C20H20F3N5O3. The lowest BCUT2D eigenvalue weighted by molar-refractivity contribution is -0.135. The van der Waals surface area contributed by atoms with Crippen molar-refractivity contribution in [1.29, 1.82) is 0 Å². The van der Waals surface area contributed by atoms with Gasteiger partial charge in [-0.1, -0.05) is 5.16 Å². The van der Waals surface area contributed by atoms with E-state index in [1.165, 1.54) is 12.4 Å². The number of nitrogens with one attached hydrogen (secondary N) is 1. The van der Waals surface area contributed by atoms with Gasteiger partial charge in [0.1, 0.15) is 23.8 Å². The zero-order chi connectivity index (χ0) is 22.4. The summed E-state index contributed by atoms with van der Waals surface area (Å²) in [6.07, 6.45) is -1.27. The quantitative estimate of drug-likeness (QED) is 0.537. The van der Waals surface area contributed by atoms with Crippen LogP contribution in [0.5, 0.6) is 5.88 Å². The normalized spacial score (nSPS) is 11.4. The number of nitrogens with zero attached hydrogens (tertiary/aromatic N) is 4. The number of amides is 1. The summed E-state index contributed by atoms with van der Waals surface area (Å²) < 4.78 is 47.3. The Balaban J connectivity index is 1.57. The van der Waals surface area contributed by atoms with Gasteiger partial charge in [0.05, 0.1) is 18.0 Å². The van der Waals surface area contributed by atoms with Gasteiger partial charge in [-0.05, 0) is 32.4 Å². The van der Waals surface area contributed by atoms with Crippen LogP contribution in [0.3, 0.4) is 0 Å². The molecule has 0 fully saturated rings. The maximum atomic E-state index is 12.1. The molecule has 31 heavy (non-hydrogen) atoms. The zero-order valence-corrected chi connectivity index (χ0v) is 16.9. The number of hydrogen-bond donors (Lipinski definition) is 1. The molecule has 0 aliphatic heterocycles. The van der Waals surface area contributed by atoms with E-state index in [9.17, 15) is 18.0 Å². The van der Waals surface area contributed by atoms with E-state index < -0.39 is 18.5 Å². The molecule has 0 aliphatic carbocycles. The number of ether oxygens (including phenoxy) is 1. The average molecular weight is 435 g/mol. The van der Waals surface area contributed by atoms with Crippen LogP contribution in [0, 0.1) is 13.8 Å². The first-order chi connectivity index (χ1) is 14.7. The molecule has 0 spiro atoms. The van der Waals surface area contributed by atoms with Crippen LogP contribution in [0.4, 0.5) is 13.2 Å². The molecule has 1 amide bonds. The Kier molecular flexibility index (Phi) is 6.83. The van der Waals surface area contributed by atoms with E-state index in [2.05, 4.69) is 25.4 Å². The highest BCUT2D eigenvalue weighted by molar-refractivity contribution is 5.91. The summed E-state index contributed by atoms with van der Waals surface area (Å²) in [5.41, 5.74) is 2.96. The summed E-state index contributed by atoms with van der Waals surface area (Å²) in [5, 5.41) is 6.44. The highest BCUT2D eigenvalue weighted by Crippen LogP contribution is 2.26. The summed E-state index contributed by atoms with van der Waals surface area (Å²) in [6, 6.07) is 3.74. The monoisotopic (exact) mass is 435 g/mol. The Labute approximate surface area is 175 Å². The Morgan fingerprint density at radius 3 is 2.58 bits per heavy atom. The number of rotatable bonds is 8. The van der Waals surface area contributed by atoms with Gasteiger partial charge >= 0.3 is 6.18 Å². The van der Waals surface area contributed by atoms with Gasteiger partial charge in [0.15, 0.2) is 0 Å². The van der Waals surface area contributed by atoms with Crippen molar-refractivity contribution in [3.63, 3.8) is 0 Å². The molecule has 8 nitrogen and oxygen atoms in total. The first-order valence-corrected chi connectivity index (χ1v) is 9.41. The summed E-state index contributed by atoms with van der Waals surface area (Å²) in [5.74, 6) is 0.144. The average Bonchev–Trinajstić information content (AvgIpc) is 3.10. The van der Waals surface area contributed by atoms with Crippen molar-refractivity contribution < 1.29 is 27.2 Å². The van der Waals surface area contributed by atoms with Crippen LogP contribution < -0.4 is 10.1 Å². The topological polar surface area (TPSA) is 103 Å². The molecule has 0 radical (unpaired) electrons. The van der Waals surface area contributed by atoms with Gasteiger partial charge in [0, 0.05) is 30.4 Å². The molecule has 0 bridgehead atoms. The number of aromatic nitrogens is 4. The summed E-state index contributed by atoms with van der Waals surface area (Å²) in [7, 11) is 0. The molecule has 3 aromatic heterocycles. The third-order valence-electron chi connectivity index (χ3n) is 4.32. The Morgan fingerprint density at radius 1 is 1.13 bits per heavy atom. The predicted octanol–water partition coefficient (Wildman–Crippen LogP) is 3.79. The SMILES string of the molecule is Cc1ccc(-c2noc(C)c2COc2cnc(C(=O)NCCCC(F)(F)F)cn2)cn1. The van der Waals surface area contributed by atoms with Crippen molar-refractivity contribution in [2.24, 2.45) is 0 Å². The molecule has 1 N–H and O–H groups in total. The number of pyridine rings is 1. The molecule has 3 rings (SSSR count). The zero-order valence-electron chi connectivity index (χ0n) is 16.9. The molecule has 0 saturated heterocycles. The van der Waals surface area contributed by atoms with Crippen LogP contribution in [0.1, 0.15) is 40.3 Å². The molecule has 3 aromatic rings. The van der Waals surface area contributed by atoms with Gasteiger partial charge in [0.25, 0.3) is 5.91 Å². The van der Waals surface area contributed by atoms with Crippen LogP contribution in [0.15, 0.2) is 35.2 Å². The fourth-order valence-electron chi connectivity index (χ4n) is 2.63. The molecule has 0 aliphatic rings. The van der Waals surface area contributed by atoms with E-state index in [-0.39, 0.29) is 31.1 Å². The second-order valence-electron chi connectivity index (χ2n) is 6.76. The van der Waals surface area contributed by atoms with E-state index >= 15 is 0 Å². The minimum atomic E-state index is -4.25.